The summed E-state index contributed by atoms with van der Waals surface area (Å²) in [6.07, 6.45) is 2.73. The van der Waals surface area contributed by atoms with E-state index in [4.69, 9.17) is 29.0 Å². The molecule has 0 spiro atoms. The summed E-state index contributed by atoms with van der Waals surface area (Å²) in [7, 11) is -2.74. The van der Waals surface area contributed by atoms with Crippen LogP contribution in [0.15, 0.2) is 36.7 Å². The largest absolute Gasteiger partial charge is 0.479 e. The molecule has 0 amide bonds. The zero-order valence-electron chi connectivity index (χ0n) is 23.1. The number of para-hydroxylation sites is 1. The minimum atomic E-state index is -4.15. The number of anilines is 1. The van der Waals surface area contributed by atoms with Gasteiger partial charge in [0.1, 0.15) is 17.9 Å². The zero-order chi connectivity index (χ0) is 29.2. The van der Waals surface area contributed by atoms with Gasteiger partial charge in [0.25, 0.3) is 0 Å². The summed E-state index contributed by atoms with van der Waals surface area (Å²) in [4.78, 5) is 25.1. The number of esters is 1. The van der Waals surface area contributed by atoms with E-state index < -0.39 is 37.8 Å². The van der Waals surface area contributed by atoms with Crippen molar-refractivity contribution in [2.75, 3.05) is 19.5 Å². The number of methoxy groups -OCH3 is 1. The quantitative estimate of drug-likeness (QED) is 0.243. The Balaban J connectivity index is 1.30. The Hall–Kier alpha value is -3.32. The van der Waals surface area contributed by atoms with Crippen LogP contribution < -0.4 is 20.1 Å². The highest BCUT2D eigenvalue weighted by atomic mass is 31.2. The number of carbonyl (C=O) groups is 1. The fourth-order valence-electron chi connectivity index (χ4n) is 5.05. The summed E-state index contributed by atoms with van der Waals surface area (Å²) < 4.78 is 59.4. The smallest absolute Gasteiger partial charge is 0.459 e. The number of nitrogens with zero attached hydrogens (tertiary/aromatic N) is 4. The summed E-state index contributed by atoms with van der Waals surface area (Å²) in [5.41, 5.74) is 4.45. The monoisotopic (exact) mass is 592 g/mol. The third kappa shape index (κ3) is 6.61. The molecule has 13 nitrogen and oxygen atoms in total. The molecule has 2 fully saturated rings. The van der Waals surface area contributed by atoms with Crippen LogP contribution in [-0.4, -0.2) is 63.1 Å². The van der Waals surface area contributed by atoms with Crippen molar-refractivity contribution in [2.24, 2.45) is 0 Å². The average Bonchev–Trinajstić information content (AvgIpc) is 3.66. The molecule has 1 saturated carbocycles. The molecule has 1 saturated heterocycles. The number of benzene rings is 1. The Morgan fingerprint density at radius 3 is 2.73 bits per heavy atom. The molecule has 0 radical (unpaired) electrons. The second-order valence-electron chi connectivity index (χ2n) is 10.4. The molecule has 2 unspecified atom stereocenters. The first-order valence-electron chi connectivity index (χ1n) is 13.4. The summed E-state index contributed by atoms with van der Waals surface area (Å²) >= 11 is 0. The fourth-order valence-corrected chi connectivity index (χ4v) is 6.57. The van der Waals surface area contributed by atoms with Gasteiger partial charge in [0, 0.05) is 6.42 Å². The van der Waals surface area contributed by atoms with Crippen LogP contribution in [0.5, 0.6) is 11.6 Å². The van der Waals surface area contributed by atoms with Crippen molar-refractivity contribution in [3.05, 3.63) is 36.7 Å². The molecule has 2 aliphatic rings. The van der Waals surface area contributed by atoms with Gasteiger partial charge in [0.05, 0.1) is 26.1 Å². The molecule has 1 aliphatic heterocycles. The van der Waals surface area contributed by atoms with Gasteiger partial charge in [0.15, 0.2) is 23.1 Å². The van der Waals surface area contributed by atoms with Crippen LogP contribution in [0.3, 0.4) is 0 Å². The average molecular weight is 593 g/mol. The molecular weight excluding hydrogens is 558 g/mol. The van der Waals surface area contributed by atoms with Crippen molar-refractivity contribution >= 4 is 30.8 Å². The van der Waals surface area contributed by atoms with Crippen LogP contribution in [0.4, 0.5) is 10.3 Å². The van der Waals surface area contributed by atoms with E-state index >= 15 is 4.39 Å². The number of ether oxygens (including phenoxy) is 3. The standard InChI is InChI=1S/C26H34FN6O7P/c1-16(23(34)38-17-9-7-8-10-17)32-41(35,40-18-11-5-4-6-12-18)37-14-19-13-26(2,27)24(39-19)33-15-29-20-21(33)30-25(28)31-22(20)36-3/h4-6,11-12,15-17,19,24H,7-10,13-14H2,1-3H3,(H,32,35)(H2,28,30,31)/t16-,19?,24?,26+,41-/m0/s1. The highest BCUT2D eigenvalue weighted by Gasteiger charge is 2.48. The van der Waals surface area contributed by atoms with Crippen molar-refractivity contribution in [1.29, 1.82) is 0 Å². The SMILES string of the molecule is COc1nc(N)nc2c1ncn2C1OC(CO[P@@](=O)(N[C@@H](C)C(=O)OC2CCCC2)Oc2ccccc2)C[C@@]1(C)F. The maximum Gasteiger partial charge on any atom is 0.459 e. The van der Waals surface area contributed by atoms with Crippen LogP contribution >= 0.6 is 7.75 Å². The minimum Gasteiger partial charge on any atom is -0.479 e. The maximum absolute atomic E-state index is 15.9. The number of rotatable bonds is 11. The molecule has 15 heteroatoms. The number of imidazole rings is 1. The van der Waals surface area contributed by atoms with E-state index in [9.17, 15) is 9.36 Å². The van der Waals surface area contributed by atoms with Gasteiger partial charge < -0.3 is 24.5 Å². The number of fused-ring (bicyclic) bond motifs is 1. The van der Waals surface area contributed by atoms with Crippen molar-refractivity contribution in [3.63, 3.8) is 0 Å². The summed E-state index contributed by atoms with van der Waals surface area (Å²) in [5, 5.41) is 2.67. The van der Waals surface area contributed by atoms with Gasteiger partial charge in [-0.05, 0) is 51.7 Å². The third-order valence-corrected chi connectivity index (χ3v) is 8.65. The summed E-state index contributed by atoms with van der Waals surface area (Å²) in [6.45, 7) is 2.60. The number of aromatic nitrogens is 4. The van der Waals surface area contributed by atoms with E-state index in [-0.39, 0.29) is 42.4 Å². The lowest BCUT2D eigenvalue weighted by Crippen LogP contribution is -2.37. The molecule has 1 aromatic carbocycles. The molecule has 3 N–H and O–H groups in total. The number of carbonyl (C=O) groups excluding carboxylic acids is 1. The summed E-state index contributed by atoms with van der Waals surface area (Å²) in [6, 6.07) is 7.40. The van der Waals surface area contributed by atoms with Gasteiger partial charge >= 0.3 is 13.7 Å². The Morgan fingerprint density at radius 2 is 2.02 bits per heavy atom. The number of halogens is 1. The first kappa shape index (κ1) is 29.2. The lowest BCUT2D eigenvalue weighted by Gasteiger charge is -2.24. The lowest BCUT2D eigenvalue weighted by molar-refractivity contribution is -0.150. The Bertz CT molecular complexity index is 1420. The molecule has 3 aromatic rings. The molecule has 5 rings (SSSR count). The first-order chi connectivity index (χ1) is 19.6. The predicted octanol–water partition coefficient (Wildman–Crippen LogP) is 4.10. The highest BCUT2D eigenvalue weighted by Crippen LogP contribution is 2.48. The van der Waals surface area contributed by atoms with Crippen molar-refractivity contribution in [1.82, 2.24) is 24.6 Å². The topological polar surface area (TPSA) is 162 Å². The zero-order valence-corrected chi connectivity index (χ0v) is 24.0. The number of hydrogen-bond acceptors (Lipinski definition) is 11. The van der Waals surface area contributed by atoms with Crippen LogP contribution in [0.25, 0.3) is 11.2 Å². The third-order valence-electron chi connectivity index (χ3n) is 7.01. The Kier molecular flexibility index (Phi) is 8.46. The summed E-state index contributed by atoms with van der Waals surface area (Å²) in [5.74, 6) is -0.221. The molecule has 3 heterocycles. The molecule has 2 aromatic heterocycles. The molecule has 1 aliphatic carbocycles. The van der Waals surface area contributed by atoms with Crippen LogP contribution in [0.1, 0.15) is 52.2 Å². The first-order valence-corrected chi connectivity index (χ1v) is 15.0. The van der Waals surface area contributed by atoms with Gasteiger partial charge in [-0.2, -0.15) is 15.1 Å². The second kappa shape index (κ2) is 11.9. The van der Waals surface area contributed by atoms with Crippen LogP contribution in [0.2, 0.25) is 0 Å². The number of hydrogen-bond donors (Lipinski definition) is 2. The van der Waals surface area contributed by atoms with E-state index in [0.717, 1.165) is 25.7 Å². The van der Waals surface area contributed by atoms with Crippen LogP contribution in [-0.2, 0) is 23.4 Å². The van der Waals surface area contributed by atoms with E-state index in [0.29, 0.717) is 5.52 Å². The molecule has 222 valence electrons. The fraction of sp³-hybridized carbons (Fsp3) is 0.538. The van der Waals surface area contributed by atoms with Gasteiger partial charge in [-0.3, -0.25) is 13.9 Å². The van der Waals surface area contributed by atoms with E-state index in [1.807, 2.05) is 0 Å². The number of nitrogens with one attached hydrogen (secondary N) is 1. The van der Waals surface area contributed by atoms with Crippen molar-refractivity contribution in [3.8, 4) is 11.6 Å². The molecule has 41 heavy (non-hydrogen) atoms. The van der Waals surface area contributed by atoms with E-state index in [1.54, 1.807) is 30.3 Å². The van der Waals surface area contributed by atoms with Gasteiger partial charge in [-0.15, -0.1) is 0 Å². The van der Waals surface area contributed by atoms with Gasteiger partial charge in [-0.25, -0.2) is 13.9 Å². The maximum atomic E-state index is 15.9. The van der Waals surface area contributed by atoms with Gasteiger partial charge in [0.2, 0.25) is 11.8 Å². The van der Waals surface area contributed by atoms with Crippen molar-refractivity contribution < 1.29 is 37.0 Å². The second-order valence-corrected chi connectivity index (χ2v) is 12.1. The number of alkyl halides is 1. The predicted molar refractivity (Wildman–Crippen MR) is 146 cm³/mol. The normalized spacial score (nSPS) is 25.2. The van der Waals surface area contributed by atoms with Gasteiger partial charge in [-0.1, -0.05) is 18.2 Å². The lowest BCUT2D eigenvalue weighted by atomic mass is 10.0. The van der Waals surface area contributed by atoms with Crippen LogP contribution in [0, 0.1) is 0 Å². The van der Waals surface area contributed by atoms with Crippen molar-refractivity contribution in [2.45, 2.75) is 76.1 Å². The Labute approximate surface area is 236 Å². The molecule has 5 atom stereocenters. The Morgan fingerprint density at radius 1 is 1.29 bits per heavy atom. The molecular formula is C26H34FN6O7P. The van der Waals surface area contributed by atoms with E-state index in [1.165, 1.54) is 31.9 Å². The number of nitrogens with two attached hydrogens (primary N) is 1. The highest BCUT2D eigenvalue weighted by molar-refractivity contribution is 7.52. The molecule has 0 bridgehead atoms. The number of nitrogen functional groups attached to an aromatic ring is 1. The minimum absolute atomic E-state index is 0.0693. The van der Waals surface area contributed by atoms with E-state index in [2.05, 4.69) is 20.0 Å².